The van der Waals surface area contributed by atoms with Gasteiger partial charge in [-0.05, 0) is 25.7 Å². The molecule has 5 nitrogen and oxygen atoms in total. The summed E-state index contributed by atoms with van der Waals surface area (Å²) in [6.45, 7) is 1.84. The summed E-state index contributed by atoms with van der Waals surface area (Å²) in [6, 6.07) is 0.234. The second kappa shape index (κ2) is 8.10. The number of hydrogen-bond acceptors (Lipinski definition) is 4. The molecular weight excluding hydrogens is 298 g/mol. The van der Waals surface area contributed by atoms with Gasteiger partial charge >= 0.3 is 0 Å². The largest absolute Gasteiger partial charge is 0.352 e. The lowest BCUT2D eigenvalue weighted by Crippen LogP contribution is -2.51. The van der Waals surface area contributed by atoms with Gasteiger partial charge in [-0.2, -0.15) is 0 Å². The molecule has 2 aliphatic rings. The van der Waals surface area contributed by atoms with Crippen molar-refractivity contribution in [3.05, 3.63) is 0 Å². The summed E-state index contributed by atoms with van der Waals surface area (Å²) >= 11 is 1.65. The highest BCUT2D eigenvalue weighted by Gasteiger charge is 2.34. The molecule has 1 saturated heterocycles. The highest BCUT2D eigenvalue weighted by atomic mass is 35.5. The van der Waals surface area contributed by atoms with Crippen LogP contribution in [0.1, 0.15) is 39.0 Å². The molecule has 20 heavy (non-hydrogen) atoms. The predicted molar refractivity (Wildman–Crippen MR) is 83.9 cm³/mol. The van der Waals surface area contributed by atoms with Crippen LogP contribution in [-0.2, 0) is 9.59 Å². The zero-order chi connectivity index (χ0) is 13.8. The Morgan fingerprint density at radius 3 is 2.55 bits per heavy atom. The molecule has 1 atom stereocenters. The summed E-state index contributed by atoms with van der Waals surface area (Å²) in [5, 5.41) is 3.09. The van der Waals surface area contributed by atoms with Crippen molar-refractivity contribution < 1.29 is 9.59 Å². The van der Waals surface area contributed by atoms with E-state index in [4.69, 9.17) is 5.73 Å². The fraction of sp³-hybridized carbons (Fsp3) is 0.846. The van der Waals surface area contributed by atoms with Gasteiger partial charge in [0.1, 0.15) is 6.04 Å². The first-order valence-electron chi connectivity index (χ1n) is 7.05. The monoisotopic (exact) mass is 321 g/mol. The van der Waals surface area contributed by atoms with Gasteiger partial charge in [-0.25, -0.2) is 0 Å². The van der Waals surface area contributed by atoms with E-state index < -0.39 is 0 Å². The Hall–Kier alpha value is -0.460. The van der Waals surface area contributed by atoms with Crippen LogP contribution < -0.4 is 11.1 Å². The van der Waals surface area contributed by atoms with Gasteiger partial charge in [-0.15, -0.1) is 24.2 Å². The van der Waals surface area contributed by atoms with Gasteiger partial charge in [-0.1, -0.05) is 6.92 Å². The third kappa shape index (κ3) is 4.27. The van der Waals surface area contributed by atoms with E-state index in [2.05, 4.69) is 5.32 Å². The summed E-state index contributed by atoms with van der Waals surface area (Å²) in [5.74, 6) is 1.42. The lowest BCUT2D eigenvalue weighted by molar-refractivity contribution is -0.138. The Kier molecular flexibility index (Phi) is 7.12. The highest BCUT2D eigenvalue weighted by Crippen LogP contribution is 2.23. The third-order valence-corrected chi connectivity index (χ3v) is 4.94. The highest BCUT2D eigenvalue weighted by molar-refractivity contribution is 7.99. The van der Waals surface area contributed by atoms with Crippen molar-refractivity contribution in [2.45, 2.75) is 57.2 Å². The molecule has 7 heteroatoms. The average Bonchev–Trinajstić information content (AvgIpc) is 2.90. The van der Waals surface area contributed by atoms with E-state index in [0.29, 0.717) is 18.1 Å². The first-order chi connectivity index (χ1) is 9.11. The van der Waals surface area contributed by atoms with Crippen LogP contribution in [0.25, 0.3) is 0 Å². The first-order valence-corrected chi connectivity index (χ1v) is 8.20. The Morgan fingerprint density at radius 2 is 1.95 bits per heavy atom. The van der Waals surface area contributed by atoms with Crippen LogP contribution in [0, 0.1) is 0 Å². The van der Waals surface area contributed by atoms with Gasteiger partial charge in [0.15, 0.2) is 0 Å². The molecule has 1 saturated carbocycles. The Balaban J connectivity index is 0.00000200. The van der Waals surface area contributed by atoms with Gasteiger partial charge < -0.3 is 16.0 Å². The summed E-state index contributed by atoms with van der Waals surface area (Å²) in [6.07, 6.45) is 4.32. The molecule has 1 heterocycles. The van der Waals surface area contributed by atoms with Gasteiger partial charge in [0.05, 0.1) is 5.88 Å². The van der Waals surface area contributed by atoms with Crippen LogP contribution in [0.4, 0.5) is 0 Å². The van der Waals surface area contributed by atoms with Crippen molar-refractivity contribution in [1.82, 2.24) is 10.2 Å². The maximum Gasteiger partial charge on any atom is 0.243 e. The Labute approximate surface area is 130 Å². The summed E-state index contributed by atoms with van der Waals surface area (Å²) in [5.41, 5.74) is 5.86. The lowest BCUT2D eigenvalue weighted by Gasteiger charge is -2.29. The minimum atomic E-state index is -0.284. The maximum absolute atomic E-state index is 12.3. The second-order valence-electron chi connectivity index (χ2n) is 5.35. The smallest absolute Gasteiger partial charge is 0.243 e. The minimum Gasteiger partial charge on any atom is -0.352 e. The standard InChI is InChI=1S/C13H23N3O2S.ClH/c1-2-12(17)16-8-19-7-11(16)13(18)15-10-5-3-9(14)4-6-10;/h9-11H,2-8,14H2,1H3,(H,15,18);1H. The molecule has 0 aromatic heterocycles. The molecule has 2 rings (SSSR count). The molecule has 1 aliphatic heterocycles. The van der Waals surface area contributed by atoms with Crippen molar-refractivity contribution in [2.24, 2.45) is 5.73 Å². The Bertz CT molecular complexity index is 349. The molecule has 3 N–H and O–H groups in total. The number of carbonyl (C=O) groups excluding carboxylic acids is 2. The molecule has 2 amide bonds. The fourth-order valence-electron chi connectivity index (χ4n) is 2.67. The van der Waals surface area contributed by atoms with E-state index in [0.717, 1.165) is 25.7 Å². The quantitative estimate of drug-likeness (QED) is 0.816. The number of nitrogens with zero attached hydrogens (tertiary/aromatic N) is 1. The molecular formula is C13H24ClN3O2S. The molecule has 0 spiro atoms. The van der Waals surface area contributed by atoms with Gasteiger partial charge in [0.25, 0.3) is 0 Å². The first kappa shape index (κ1) is 17.6. The van der Waals surface area contributed by atoms with Gasteiger partial charge in [-0.3, -0.25) is 9.59 Å². The van der Waals surface area contributed by atoms with Crippen molar-refractivity contribution in [3.8, 4) is 0 Å². The van der Waals surface area contributed by atoms with Gasteiger partial charge in [0, 0.05) is 24.3 Å². The van der Waals surface area contributed by atoms with E-state index >= 15 is 0 Å². The molecule has 0 bridgehead atoms. The molecule has 1 aliphatic carbocycles. The van der Waals surface area contributed by atoms with Crippen LogP contribution in [0.15, 0.2) is 0 Å². The lowest BCUT2D eigenvalue weighted by atomic mass is 9.91. The van der Waals surface area contributed by atoms with Crippen LogP contribution in [0.3, 0.4) is 0 Å². The van der Waals surface area contributed by atoms with Crippen LogP contribution in [-0.4, -0.2) is 46.5 Å². The number of nitrogens with one attached hydrogen (secondary N) is 1. The SMILES string of the molecule is CCC(=O)N1CSCC1C(=O)NC1CCC(N)CC1.Cl. The maximum atomic E-state index is 12.3. The number of carbonyl (C=O) groups is 2. The molecule has 116 valence electrons. The van der Waals surface area contributed by atoms with Crippen molar-refractivity contribution >= 4 is 36.0 Å². The average molecular weight is 322 g/mol. The van der Waals surface area contributed by atoms with E-state index in [9.17, 15) is 9.59 Å². The predicted octanol–water partition coefficient (Wildman–Crippen LogP) is 1.11. The van der Waals surface area contributed by atoms with Crippen molar-refractivity contribution in [1.29, 1.82) is 0 Å². The van der Waals surface area contributed by atoms with Crippen molar-refractivity contribution in [2.75, 3.05) is 11.6 Å². The zero-order valence-electron chi connectivity index (χ0n) is 11.8. The number of hydrogen-bond donors (Lipinski definition) is 2. The molecule has 0 radical (unpaired) electrons. The second-order valence-corrected chi connectivity index (χ2v) is 6.35. The molecule has 2 fully saturated rings. The van der Waals surface area contributed by atoms with Crippen LogP contribution in [0.5, 0.6) is 0 Å². The van der Waals surface area contributed by atoms with E-state index in [-0.39, 0.29) is 42.3 Å². The van der Waals surface area contributed by atoms with Crippen LogP contribution >= 0.6 is 24.2 Å². The number of thioether (sulfide) groups is 1. The molecule has 0 aromatic rings. The number of amides is 2. The normalized spacial score (nSPS) is 29.7. The number of nitrogens with two attached hydrogens (primary N) is 1. The van der Waals surface area contributed by atoms with E-state index in [1.165, 1.54) is 0 Å². The number of rotatable bonds is 3. The van der Waals surface area contributed by atoms with E-state index in [1.807, 2.05) is 6.92 Å². The minimum absolute atomic E-state index is 0. The number of halogens is 1. The summed E-state index contributed by atoms with van der Waals surface area (Å²) in [7, 11) is 0. The molecule has 1 unspecified atom stereocenters. The van der Waals surface area contributed by atoms with E-state index in [1.54, 1.807) is 16.7 Å². The third-order valence-electron chi connectivity index (χ3n) is 3.93. The van der Waals surface area contributed by atoms with Crippen molar-refractivity contribution in [3.63, 3.8) is 0 Å². The summed E-state index contributed by atoms with van der Waals surface area (Å²) in [4.78, 5) is 25.8. The summed E-state index contributed by atoms with van der Waals surface area (Å²) < 4.78 is 0. The fourth-order valence-corrected chi connectivity index (χ4v) is 3.85. The van der Waals surface area contributed by atoms with Crippen LogP contribution in [0.2, 0.25) is 0 Å². The zero-order valence-corrected chi connectivity index (χ0v) is 13.5. The topological polar surface area (TPSA) is 75.4 Å². The molecule has 0 aromatic carbocycles. The van der Waals surface area contributed by atoms with Gasteiger partial charge in [0.2, 0.25) is 11.8 Å². The Morgan fingerprint density at radius 1 is 1.30 bits per heavy atom.